The maximum atomic E-state index is 13.0. The maximum absolute atomic E-state index is 13.0. The molecule has 0 amide bonds. The van der Waals surface area contributed by atoms with Gasteiger partial charge in [0.25, 0.3) is 0 Å². The highest BCUT2D eigenvalue weighted by molar-refractivity contribution is 5.70. The molecule has 2 unspecified atom stereocenters. The molecule has 0 aliphatic heterocycles. The fourth-order valence-corrected chi connectivity index (χ4v) is 11.9. The van der Waals surface area contributed by atoms with E-state index in [2.05, 4.69) is 111 Å². The van der Waals surface area contributed by atoms with E-state index in [1.807, 2.05) is 21.1 Å². The number of carboxylic acid groups (broad SMARTS) is 1. The molecule has 0 fully saturated rings. The van der Waals surface area contributed by atoms with Gasteiger partial charge >= 0.3 is 11.9 Å². The minimum atomic E-state index is -1.62. The Hall–Kier alpha value is -3.79. The summed E-state index contributed by atoms with van der Waals surface area (Å²) >= 11 is 0. The monoisotopic (exact) mass is 1340 g/mol. The number of carboxylic acids is 1. The van der Waals surface area contributed by atoms with Crippen LogP contribution >= 0.6 is 0 Å². The fourth-order valence-electron chi connectivity index (χ4n) is 11.9. The summed E-state index contributed by atoms with van der Waals surface area (Å²) in [4.78, 5) is 37.6. The van der Waals surface area contributed by atoms with Gasteiger partial charge in [-0.15, -0.1) is 0 Å². The summed E-state index contributed by atoms with van der Waals surface area (Å²) in [6.07, 6.45) is 104. The number of nitrogens with zero attached hydrogens (tertiary/aromatic N) is 1. The second-order valence-electron chi connectivity index (χ2n) is 28.7. The van der Waals surface area contributed by atoms with Crippen molar-refractivity contribution in [2.75, 3.05) is 47.5 Å². The number of allylic oxidation sites excluding steroid dienone is 16. The van der Waals surface area contributed by atoms with Gasteiger partial charge in [0.05, 0.1) is 40.3 Å². The van der Waals surface area contributed by atoms with Crippen LogP contribution in [0.1, 0.15) is 380 Å². The molecule has 0 radical (unpaired) electrons. The first-order chi connectivity index (χ1) is 47.1. The number of quaternary nitrogens is 1. The first-order valence-corrected chi connectivity index (χ1v) is 40.9. The van der Waals surface area contributed by atoms with Crippen molar-refractivity contribution < 1.29 is 42.9 Å². The molecule has 2 atom stereocenters. The first-order valence-electron chi connectivity index (χ1n) is 40.9. The van der Waals surface area contributed by atoms with Gasteiger partial charge in [-0.1, -0.05) is 387 Å². The summed E-state index contributed by atoms with van der Waals surface area (Å²) < 4.78 is 22.9. The molecule has 9 nitrogen and oxygen atoms in total. The van der Waals surface area contributed by atoms with Crippen molar-refractivity contribution in [2.45, 2.75) is 392 Å². The van der Waals surface area contributed by atoms with Gasteiger partial charge in [-0.3, -0.25) is 9.59 Å². The molecule has 0 saturated carbocycles. The average Bonchev–Trinajstić information content (AvgIpc) is 2.40. The predicted molar refractivity (Wildman–Crippen MR) is 412 cm³/mol. The lowest BCUT2D eigenvalue weighted by Crippen LogP contribution is -2.44. The average molecular weight is 1340 g/mol. The number of rotatable bonds is 76. The van der Waals surface area contributed by atoms with Crippen molar-refractivity contribution in [3.63, 3.8) is 0 Å². The van der Waals surface area contributed by atoms with E-state index in [0.717, 1.165) is 89.9 Å². The molecule has 9 heteroatoms. The summed E-state index contributed by atoms with van der Waals surface area (Å²) in [5.74, 6) is -2.26. The number of hydrogen-bond donors (Lipinski definition) is 0. The number of aliphatic carboxylic acids is 1. The number of unbranched alkanes of at least 4 members (excludes halogenated alkanes) is 45. The molecule has 0 heterocycles. The predicted octanol–water partition coefficient (Wildman–Crippen LogP) is 25.0. The van der Waals surface area contributed by atoms with Crippen molar-refractivity contribution in [2.24, 2.45) is 0 Å². The largest absolute Gasteiger partial charge is 0.545 e. The van der Waals surface area contributed by atoms with Crippen LogP contribution in [0.3, 0.4) is 0 Å². The minimum absolute atomic E-state index is 0.147. The Bertz CT molecular complexity index is 1900. The van der Waals surface area contributed by atoms with E-state index in [9.17, 15) is 19.5 Å². The number of carbonyl (C=O) groups is 3. The SMILES string of the molecule is CC/C=C\C/C=C\C/C=C\C/C=C\C/C=C\C/C=C\C/C=C\C/C=C\CCCCCCCCCCCCCCCCC(=O)OC(COC(=O)CCCCCCCCCCCCCCCCCCCCCCCCCCCCCCCCCC)COC(OCC[N+](C)(C)C)C(=O)[O-]. The Morgan fingerprint density at radius 1 is 0.323 bits per heavy atom. The van der Waals surface area contributed by atoms with Gasteiger partial charge in [-0.05, 0) is 77.0 Å². The van der Waals surface area contributed by atoms with Gasteiger partial charge in [-0.2, -0.15) is 0 Å². The highest BCUT2D eigenvalue weighted by Crippen LogP contribution is 2.19. The summed E-state index contributed by atoms with van der Waals surface area (Å²) in [6.45, 7) is 4.69. The van der Waals surface area contributed by atoms with E-state index in [4.69, 9.17) is 18.9 Å². The maximum Gasteiger partial charge on any atom is 0.306 e. The van der Waals surface area contributed by atoms with Gasteiger partial charge in [0, 0.05) is 12.8 Å². The Balaban J connectivity index is 4.02. The van der Waals surface area contributed by atoms with Crippen LogP contribution in [0.5, 0.6) is 0 Å². The van der Waals surface area contributed by atoms with Crippen LogP contribution in [0.25, 0.3) is 0 Å². The highest BCUT2D eigenvalue weighted by atomic mass is 16.7. The molecule has 0 aliphatic rings. The zero-order valence-electron chi connectivity index (χ0n) is 63.7. The molecular weight excluding hydrogens is 1190 g/mol. The second kappa shape index (κ2) is 77.0. The number of likely N-dealkylation sites (N-methyl/N-ethyl adjacent to an activating group) is 1. The Labute approximate surface area is 594 Å². The summed E-state index contributed by atoms with van der Waals surface area (Å²) in [5.41, 5.74) is 0. The number of carbonyl (C=O) groups excluding carboxylic acids is 3. The smallest absolute Gasteiger partial charge is 0.306 e. The molecule has 556 valence electrons. The van der Waals surface area contributed by atoms with Gasteiger partial charge in [-0.25, -0.2) is 0 Å². The summed E-state index contributed by atoms with van der Waals surface area (Å²) in [7, 11) is 5.94. The lowest BCUT2D eigenvalue weighted by atomic mass is 10.0. The number of ether oxygens (including phenoxy) is 4. The van der Waals surface area contributed by atoms with Crippen LogP contribution < -0.4 is 5.11 Å². The summed E-state index contributed by atoms with van der Waals surface area (Å²) in [6, 6.07) is 0. The first kappa shape index (κ1) is 92.2. The van der Waals surface area contributed by atoms with E-state index in [-0.39, 0.29) is 32.2 Å². The molecule has 0 saturated heterocycles. The zero-order valence-corrected chi connectivity index (χ0v) is 63.7. The van der Waals surface area contributed by atoms with Crippen LogP contribution in [-0.2, 0) is 33.3 Å². The fraction of sp³-hybridized carbons (Fsp3) is 0.782. The normalized spacial score (nSPS) is 13.1. The van der Waals surface area contributed by atoms with Gasteiger partial charge in [0.1, 0.15) is 13.2 Å². The lowest BCUT2D eigenvalue weighted by molar-refractivity contribution is -0.870. The molecule has 0 aliphatic carbocycles. The van der Waals surface area contributed by atoms with Crippen LogP contribution in [0.15, 0.2) is 97.2 Å². The van der Waals surface area contributed by atoms with E-state index in [1.165, 1.54) is 257 Å². The minimum Gasteiger partial charge on any atom is -0.545 e. The molecule has 0 N–H and O–H groups in total. The quantitative estimate of drug-likeness (QED) is 0.0195. The standard InChI is InChI=1S/C87H155NO8/c1-6-8-10-12-14-16-18-20-22-24-26-28-30-32-34-36-38-40-41-42-43-44-45-46-48-50-52-54-56-58-60-62-64-66-68-70-72-74-76-78-85(90)96-83(82-95-87(86(91)92)93-80-79-88(3,4)5)81-94-84(89)77-75-73-71-69-67-65-63-61-59-57-55-53-51-49-47-39-37-35-33-31-29-27-25-23-21-19-17-15-13-11-9-7-2/h8,10,14,16,20,22,26,28,32,34,38,40,42-43,45-46,83,87H,6-7,9,11-13,15,17-19,21,23-25,27,29-31,33,35-37,39,41,44,47-82H2,1-5H3/b10-8-,16-14-,22-20-,28-26-,34-32-,40-38-,43-42-,46-45-. The molecule has 0 aromatic heterocycles. The second-order valence-corrected chi connectivity index (χ2v) is 28.7. The Morgan fingerprint density at radius 2 is 0.594 bits per heavy atom. The third-order valence-corrected chi connectivity index (χ3v) is 18.1. The van der Waals surface area contributed by atoms with Crippen molar-refractivity contribution in [3.05, 3.63) is 97.2 Å². The van der Waals surface area contributed by atoms with Crippen molar-refractivity contribution >= 4 is 17.9 Å². The third kappa shape index (κ3) is 77.6. The van der Waals surface area contributed by atoms with Crippen molar-refractivity contribution in [1.29, 1.82) is 0 Å². The van der Waals surface area contributed by atoms with Gasteiger partial charge in [0.15, 0.2) is 12.4 Å². The lowest BCUT2D eigenvalue weighted by Gasteiger charge is -2.26. The number of esters is 2. The van der Waals surface area contributed by atoms with Gasteiger partial charge in [0.2, 0.25) is 0 Å². The van der Waals surface area contributed by atoms with Crippen LogP contribution in [0.4, 0.5) is 0 Å². The molecule has 0 aromatic carbocycles. The molecule has 0 bridgehead atoms. The zero-order chi connectivity index (χ0) is 69.7. The molecule has 0 rings (SSSR count). The third-order valence-electron chi connectivity index (χ3n) is 18.1. The molecule has 0 spiro atoms. The van der Waals surface area contributed by atoms with Crippen molar-refractivity contribution in [1.82, 2.24) is 0 Å². The van der Waals surface area contributed by atoms with E-state index in [0.29, 0.717) is 23.9 Å². The topological polar surface area (TPSA) is 111 Å². The van der Waals surface area contributed by atoms with E-state index >= 15 is 0 Å². The Morgan fingerprint density at radius 3 is 0.885 bits per heavy atom. The van der Waals surface area contributed by atoms with E-state index < -0.39 is 24.3 Å². The van der Waals surface area contributed by atoms with Crippen LogP contribution in [0.2, 0.25) is 0 Å². The van der Waals surface area contributed by atoms with Crippen molar-refractivity contribution in [3.8, 4) is 0 Å². The summed E-state index contributed by atoms with van der Waals surface area (Å²) in [5, 5.41) is 11.9. The molecular formula is C87H155NO8. The van der Waals surface area contributed by atoms with E-state index in [1.54, 1.807) is 0 Å². The van der Waals surface area contributed by atoms with Crippen LogP contribution in [0, 0.1) is 0 Å². The Kier molecular flexibility index (Phi) is 73.9. The molecule has 96 heavy (non-hydrogen) atoms. The molecule has 0 aromatic rings. The van der Waals surface area contributed by atoms with Crippen LogP contribution in [-0.4, -0.2) is 82.3 Å². The number of hydrogen-bond acceptors (Lipinski definition) is 8. The van der Waals surface area contributed by atoms with Gasteiger partial charge < -0.3 is 33.3 Å². The highest BCUT2D eigenvalue weighted by Gasteiger charge is 2.22.